The van der Waals surface area contributed by atoms with Crippen molar-refractivity contribution in [2.45, 2.75) is 13.3 Å². The van der Waals surface area contributed by atoms with Crippen LogP contribution in [-0.2, 0) is 11.2 Å². The smallest absolute Gasteiger partial charge is 0.338 e. The van der Waals surface area contributed by atoms with E-state index in [1.54, 1.807) is 14.0 Å². The number of aromatic nitrogens is 1. The average molecular weight is 475 g/mol. The summed E-state index contributed by atoms with van der Waals surface area (Å²) in [5.74, 6) is -2.04. The van der Waals surface area contributed by atoms with Crippen LogP contribution >= 0.6 is 46.4 Å². The number of ketones is 1. The molecule has 152 valence electrons. The third kappa shape index (κ3) is 3.74. The highest BCUT2D eigenvalue weighted by molar-refractivity contribution is 6.54. The molecule has 0 spiro atoms. The number of ether oxygens (including phenoxy) is 1. The molecule has 2 aromatic carbocycles. The van der Waals surface area contributed by atoms with Gasteiger partial charge in [0.25, 0.3) is 0 Å². The van der Waals surface area contributed by atoms with Gasteiger partial charge in [-0.3, -0.25) is 4.79 Å². The summed E-state index contributed by atoms with van der Waals surface area (Å²) in [6, 6.07) is 5.58. The first-order valence-electron chi connectivity index (χ1n) is 8.43. The van der Waals surface area contributed by atoms with E-state index < -0.39 is 17.3 Å². The number of carboxylic acids is 1. The lowest BCUT2D eigenvalue weighted by Crippen LogP contribution is -2.13. The van der Waals surface area contributed by atoms with Crippen LogP contribution in [0.25, 0.3) is 10.9 Å². The van der Waals surface area contributed by atoms with Gasteiger partial charge in [-0.15, -0.1) is 0 Å². The number of rotatable bonds is 6. The third-order valence-corrected chi connectivity index (χ3v) is 6.41. The van der Waals surface area contributed by atoms with Gasteiger partial charge in [0.15, 0.2) is 5.78 Å². The zero-order chi connectivity index (χ0) is 21.5. The fourth-order valence-corrected chi connectivity index (χ4v) is 4.35. The van der Waals surface area contributed by atoms with Crippen LogP contribution in [0.3, 0.4) is 0 Å². The molecule has 0 saturated carbocycles. The lowest BCUT2D eigenvalue weighted by molar-refractivity contribution is 0.0693. The molecule has 3 aromatic rings. The number of aromatic carboxylic acids is 1. The maximum atomic E-state index is 13.6. The lowest BCUT2D eigenvalue weighted by Gasteiger charge is -2.14. The number of halogens is 4. The van der Waals surface area contributed by atoms with E-state index in [1.807, 2.05) is 18.2 Å². The van der Waals surface area contributed by atoms with Crippen molar-refractivity contribution in [2.75, 3.05) is 13.7 Å². The molecular formula is C20H15Cl4NO4. The van der Waals surface area contributed by atoms with Gasteiger partial charge in [-0.1, -0.05) is 58.5 Å². The second-order valence-electron chi connectivity index (χ2n) is 6.35. The number of methoxy groups -OCH3 is 1. The molecule has 0 unspecified atom stereocenters. The monoisotopic (exact) mass is 473 g/mol. The summed E-state index contributed by atoms with van der Waals surface area (Å²) in [5.41, 5.74) is 1.67. The van der Waals surface area contributed by atoms with E-state index >= 15 is 0 Å². The topological polar surface area (TPSA) is 79.4 Å². The van der Waals surface area contributed by atoms with Crippen molar-refractivity contribution < 1.29 is 19.4 Å². The summed E-state index contributed by atoms with van der Waals surface area (Å²) < 4.78 is 5.16. The van der Waals surface area contributed by atoms with E-state index in [2.05, 4.69) is 4.98 Å². The Morgan fingerprint density at radius 1 is 1.00 bits per heavy atom. The minimum absolute atomic E-state index is 0.177. The standard InChI is InChI=1S/C20H15Cl4NO4/c1-8-11(12-9(6-7-29-2)4-3-5-10(12)25-8)19(26)13-14(20(27)28)16(22)18(24)17(23)15(13)21/h3-5,25H,6-7H2,1-2H3,(H,27,28). The molecule has 0 aliphatic carbocycles. The summed E-state index contributed by atoms with van der Waals surface area (Å²) >= 11 is 24.5. The Hall–Kier alpha value is -1.76. The molecular weight excluding hydrogens is 460 g/mol. The Balaban J connectivity index is 2.35. The molecule has 1 aromatic heterocycles. The number of carbonyl (C=O) groups is 2. The zero-order valence-corrected chi connectivity index (χ0v) is 18.4. The summed E-state index contributed by atoms with van der Waals surface area (Å²) in [4.78, 5) is 28.6. The molecule has 0 aliphatic heterocycles. The third-order valence-electron chi connectivity index (χ3n) is 4.61. The maximum absolute atomic E-state index is 13.6. The predicted octanol–water partition coefficient (Wildman–Crippen LogP) is 6.21. The van der Waals surface area contributed by atoms with Crippen molar-refractivity contribution in [2.24, 2.45) is 0 Å². The minimum Gasteiger partial charge on any atom is -0.478 e. The van der Waals surface area contributed by atoms with Gasteiger partial charge in [0.1, 0.15) is 0 Å². The summed E-state index contributed by atoms with van der Waals surface area (Å²) in [7, 11) is 1.59. The molecule has 2 N–H and O–H groups in total. The number of carbonyl (C=O) groups excluding carboxylic acids is 1. The molecule has 3 rings (SSSR count). The van der Waals surface area contributed by atoms with Crippen LogP contribution in [0.15, 0.2) is 18.2 Å². The number of hydrogen-bond donors (Lipinski definition) is 2. The SMILES string of the molecule is COCCc1cccc2[nH]c(C)c(C(=O)c3c(Cl)c(Cl)c(Cl)c(Cl)c3C(=O)O)c12. The first-order chi connectivity index (χ1) is 13.7. The van der Waals surface area contributed by atoms with Crippen LogP contribution in [0.4, 0.5) is 0 Å². The first-order valence-corrected chi connectivity index (χ1v) is 9.94. The lowest BCUT2D eigenvalue weighted by atomic mass is 9.93. The second kappa shape index (κ2) is 8.54. The number of benzene rings is 2. The Morgan fingerprint density at radius 2 is 1.62 bits per heavy atom. The number of carboxylic acid groups (broad SMARTS) is 1. The molecule has 0 aliphatic rings. The van der Waals surface area contributed by atoms with E-state index in [0.29, 0.717) is 29.7 Å². The fraction of sp³-hybridized carbons (Fsp3) is 0.200. The highest BCUT2D eigenvalue weighted by Crippen LogP contribution is 2.43. The average Bonchev–Trinajstić information content (AvgIpc) is 3.02. The van der Waals surface area contributed by atoms with Gasteiger partial charge in [-0.05, 0) is 25.0 Å². The van der Waals surface area contributed by atoms with Crippen LogP contribution in [0, 0.1) is 6.92 Å². The highest BCUT2D eigenvalue weighted by atomic mass is 35.5. The van der Waals surface area contributed by atoms with Gasteiger partial charge < -0.3 is 14.8 Å². The summed E-state index contributed by atoms with van der Waals surface area (Å²) in [6.45, 7) is 2.18. The van der Waals surface area contributed by atoms with Gasteiger partial charge in [-0.25, -0.2) is 4.79 Å². The van der Waals surface area contributed by atoms with Crippen molar-refractivity contribution in [3.8, 4) is 0 Å². The molecule has 0 radical (unpaired) electrons. The Labute approximate surface area is 186 Å². The highest BCUT2D eigenvalue weighted by Gasteiger charge is 2.31. The van der Waals surface area contributed by atoms with Crippen LogP contribution in [0.1, 0.15) is 37.5 Å². The van der Waals surface area contributed by atoms with E-state index in [-0.39, 0.29) is 25.7 Å². The fourth-order valence-electron chi connectivity index (χ4n) is 3.33. The van der Waals surface area contributed by atoms with Crippen LogP contribution in [-0.4, -0.2) is 35.6 Å². The number of hydrogen-bond acceptors (Lipinski definition) is 3. The molecule has 0 amide bonds. The van der Waals surface area contributed by atoms with Gasteiger partial charge >= 0.3 is 5.97 Å². The predicted molar refractivity (Wildman–Crippen MR) is 115 cm³/mol. The number of aromatic amines is 1. The quantitative estimate of drug-likeness (QED) is 0.253. The van der Waals surface area contributed by atoms with Crippen LogP contribution < -0.4 is 0 Å². The summed E-state index contributed by atoms with van der Waals surface area (Å²) in [5, 5.41) is 9.34. The Kier molecular flexibility index (Phi) is 6.46. The first kappa shape index (κ1) is 21.9. The molecule has 0 fully saturated rings. The number of aryl methyl sites for hydroxylation is 1. The van der Waals surface area contributed by atoms with Crippen LogP contribution in [0.5, 0.6) is 0 Å². The van der Waals surface area contributed by atoms with E-state index in [1.165, 1.54) is 0 Å². The van der Waals surface area contributed by atoms with Crippen molar-refractivity contribution in [3.63, 3.8) is 0 Å². The molecule has 0 atom stereocenters. The van der Waals surface area contributed by atoms with Crippen molar-refractivity contribution in [1.82, 2.24) is 4.98 Å². The van der Waals surface area contributed by atoms with Crippen molar-refractivity contribution in [3.05, 3.63) is 66.2 Å². The Bertz CT molecular complexity index is 1150. The van der Waals surface area contributed by atoms with Crippen molar-refractivity contribution >= 4 is 69.1 Å². The normalized spacial score (nSPS) is 11.2. The van der Waals surface area contributed by atoms with Gasteiger partial charge in [0.05, 0.1) is 43.4 Å². The summed E-state index contributed by atoms with van der Waals surface area (Å²) in [6.07, 6.45) is 0.563. The van der Waals surface area contributed by atoms with E-state index in [4.69, 9.17) is 51.1 Å². The number of H-pyrrole nitrogens is 1. The van der Waals surface area contributed by atoms with Gasteiger partial charge in [0.2, 0.25) is 0 Å². The largest absolute Gasteiger partial charge is 0.478 e. The van der Waals surface area contributed by atoms with Crippen molar-refractivity contribution in [1.29, 1.82) is 0 Å². The molecule has 9 heteroatoms. The van der Waals surface area contributed by atoms with E-state index in [9.17, 15) is 14.7 Å². The minimum atomic E-state index is -1.43. The van der Waals surface area contributed by atoms with Gasteiger partial charge in [-0.2, -0.15) is 0 Å². The molecule has 0 saturated heterocycles. The van der Waals surface area contributed by atoms with Gasteiger partial charge in [0, 0.05) is 23.7 Å². The Morgan fingerprint density at radius 3 is 2.21 bits per heavy atom. The molecule has 29 heavy (non-hydrogen) atoms. The number of fused-ring (bicyclic) bond motifs is 1. The van der Waals surface area contributed by atoms with Crippen LogP contribution in [0.2, 0.25) is 20.1 Å². The van der Waals surface area contributed by atoms with E-state index in [0.717, 1.165) is 11.1 Å². The second-order valence-corrected chi connectivity index (χ2v) is 7.86. The molecule has 5 nitrogen and oxygen atoms in total. The zero-order valence-electron chi connectivity index (χ0n) is 15.3. The molecule has 0 bridgehead atoms. The molecule has 1 heterocycles. The maximum Gasteiger partial charge on any atom is 0.338 e. The number of nitrogens with one attached hydrogen (secondary N) is 1.